The molecule has 3 rings (SSSR count). The monoisotopic (exact) mass is 375 g/mol. The Kier molecular flexibility index (Phi) is 5.01. The van der Waals surface area contributed by atoms with E-state index >= 15 is 0 Å². The van der Waals surface area contributed by atoms with Crippen LogP contribution >= 0.6 is 0 Å². The molecule has 0 bridgehead atoms. The molecule has 0 unspecified atom stereocenters. The van der Waals surface area contributed by atoms with Crippen LogP contribution in [0.2, 0.25) is 0 Å². The maximum absolute atomic E-state index is 12.3. The van der Waals surface area contributed by atoms with Crippen LogP contribution in [-0.2, 0) is 10.0 Å². The van der Waals surface area contributed by atoms with Crippen molar-refractivity contribution in [2.75, 3.05) is 19.7 Å². The van der Waals surface area contributed by atoms with Crippen LogP contribution in [-0.4, -0.2) is 49.8 Å². The molecule has 26 heavy (non-hydrogen) atoms. The van der Waals surface area contributed by atoms with Crippen molar-refractivity contribution in [2.45, 2.75) is 11.8 Å². The maximum atomic E-state index is 12.3. The van der Waals surface area contributed by atoms with E-state index in [0.717, 1.165) is 4.90 Å². The topological polar surface area (TPSA) is 106 Å². The number of benzene rings is 1. The molecule has 0 aliphatic carbocycles. The zero-order valence-corrected chi connectivity index (χ0v) is 14.8. The molecule has 0 saturated heterocycles. The van der Waals surface area contributed by atoms with E-state index in [-0.39, 0.29) is 29.2 Å². The van der Waals surface area contributed by atoms with Crippen LogP contribution in [0.15, 0.2) is 47.5 Å². The molecule has 1 N–H and O–H groups in total. The highest BCUT2D eigenvalue weighted by molar-refractivity contribution is 7.89. The van der Waals surface area contributed by atoms with Crippen molar-refractivity contribution in [1.29, 1.82) is 0 Å². The van der Waals surface area contributed by atoms with Crippen molar-refractivity contribution in [3.63, 3.8) is 0 Å². The lowest BCUT2D eigenvalue weighted by Crippen LogP contribution is -2.38. The molecule has 0 fully saturated rings. The van der Waals surface area contributed by atoms with Crippen LogP contribution in [0.4, 0.5) is 0 Å². The Hall–Kier alpha value is -2.78. The Balaban J connectivity index is 1.63. The number of carbonyl (C=O) groups excluding carboxylic acids is 2. The molecule has 1 aliphatic rings. The van der Waals surface area contributed by atoms with Gasteiger partial charge in [0, 0.05) is 19.3 Å². The molecule has 1 aliphatic heterocycles. The number of fused-ring (bicyclic) bond motifs is 1. The number of nitrogens with one attached hydrogen (secondary N) is 1. The summed E-state index contributed by atoms with van der Waals surface area (Å²) in [6, 6.07) is 9.08. The number of pyridine rings is 1. The molecular weight excluding hydrogens is 358 g/mol. The third-order valence-electron chi connectivity index (χ3n) is 3.80. The normalized spacial score (nSPS) is 13.8. The highest BCUT2D eigenvalue weighted by Crippen LogP contribution is 2.20. The van der Waals surface area contributed by atoms with E-state index in [0.29, 0.717) is 12.4 Å². The molecule has 2 aromatic rings. The Morgan fingerprint density at radius 2 is 1.85 bits per heavy atom. The smallest absolute Gasteiger partial charge is 0.280 e. The fourth-order valence-electron chi connectivity index (χ4n) is 2.57. The third-order valence-corrected chi connectivity index (χ3v) is 5.28. The molecule has 136 valence electrons. The fraction of sp³-hybridized carbons (Fsp3) is 0.235. The molecule has 1 aromatic carbocycles. The summed E-state index contributed by atoms with van der Waals surface area (Å²) in [5.74, 6) is -0.422. The summed E-state index contributed by atoms with van der Waals surface area (Å²) in [6.45, 7) is 2.14. The molecule has 0 spiro atoms. The van der Waals surface area contributed by atoms with Crippen molar-refractivity contribution in [1.82, 2.24) is 14.6 Å². The Bertz CT molecular complexity index is 906. The highest BCUT2D eigenvalue weighted by Gasteiger charge is 2.36. The first-order chi connectivity index (χ1) is 12.4. The van der Waals surface area contributed by atoms with E-state index in [9.17, 15) is 18.0 Å². The summed E-state index contributed by atoms with van der Waals surface area (Å²) in [7, 11) is -3.76. The van der Waals surface area contributed by atoms with Crippen molar-refractivity contribution in [3.05, 3.63) is 53.9 Å². The molecule has 9 heteroatoms. The van der Waals surface area contributed by atoms with E-state index < -0.39 is 21.8 Å². The minimum absolute atomic E-state index is 0.0741. The lowest BCUT2D eigenvalue weighted by Gasteiger charge is -2.14. The van der Waals surface area contributed by atoms with Crippen LogP contribution in [0.25, 0.3) is 0 Å². The number of sulfonamides is 1. The van der Waals surface area contributed by atoms with Gasteiger partial charge in [-0.2, -0.15) is 0 Å². The molecule has 0 radical (unpaired) electrons. The zero-order valence-electron chi connectivity index (χ0n) is 14.0. The number of rotatable bonds is 7. The van der Waals surface area contributed by atoms with Gasteiger partial charge in [-0.3, -0.25) is 19.5 Å². The zero-order chi connectivity index (χ0) is 18.7. The van der Waals surface area contributed by atoms with Gasteiger partial charge in [-0.25, -0.2) is 13.1 Å². The second kappa shape index (κ2) is 7.22. The molecule has 8 nitrogen and oxygen atoms in total. The minimum atomic E-state index is -3.76. The van der Waals surface area contributed by atoms with Gasteiger partial charge in [-0.15, -0.1) is 0 Å². The number of aromatic nitrogens is 1. The van der Waals surface area contributed by atoms with Crippen LogP contribution in [0.5, 0.6) is 5.75 Å². The average molecular weight is 375 g/mol. The van der Waals surface area contributed by atoms with Gasteiger partial charge in [-0.1, -0.05) is 0 Å². The number of amides is 2. The first kappa shape index (κ1) is 18.0. The van der Waals surface area contributed by atoms with E-state index in [2.05, 4.69) is 9.71 Å². The van der Waals surface area contributed by atoms with Gasteiger partial charge in [0.15, 0.2) is 0 Å². The number of hydrogen-bond acceptors (Lipinski definition) is 6. The summed E-state index contributed by atoms with van der Waals surface area (Å²) in [5, 5.41) is 0. The number of ether oxygens (including phenoxy) is 1. The molecular formula is C17H17N3O5S. The first-order valence-corrected chi connectivity index (χ1v) is 9.46. The van der Waals surface area contributed by atoms with Crippen molar-refractivity contribution < 1.29 is 22.7 Å². The van der Waals surface area contributed by atoms with Gasteiger partial charge in [0.25, 0.3) is 11.8 Å². The Labute approximate surface area is 150 Å². The van der Waals surface area contributed by atoms with E-state index in [1.165, 1.54) is 24.4 Å². The Morgan fingerprint density at radius 3 is 2.50 bits per heavy atom. The summed E-state index contributed by atoms with van der Waals surface area (Å²) in [5.41, 5.74) is 0.318. The van der Waals surface area contributed by atoms with Gasteiger partial charge < -0.3 is 4.74 Å². The first-order valence-electron chi connectivity index (χ1n) is 7.98. The Morgan fingerprint density at radius 1 is 1.12 bits per heavy atom. The lowest BCUT2D eigenvalue weighted by molar-refractivity contribution is 0.0655. The number of imide groups is 1. The second-order valence-corrected chi connectivity index (χ2v) is 7.23. The van der Waals surface area contributed by atoms with Crippen LogP contribution in [0.3, 0.4) is 0 Å². The molecule has 0 saturated carbocycles. The SMILES string of the molecule is CCOc1ccc(S(=O)(=O)NCCN2C(=O)c3cccnc3C2=O)cc1. The number of hydrogen-bond donors (Lipinski definition) is 1. The maximum Gasteiger partial charge on any atom is 0.280 e. The molecule has 2 amide bonds. The van der Waals surface area contributed by atoms with Crippen LogP contribution in [0, 0.1) is 0 Å². The van der Waals surface area contributed by atoms with E-state index in [1.807, 2.05) is 6.92 Å². The van der Waals surface area contributed by atoms with E-state index in [4.69, 9.17) is 4.74 Å². The van der Waals surface area contributed by atoms with Gasteiger partial charge in [-0.05, 0) is 43.3 Å². The summed E-state index contributed by atoms with van der Waals surface area (Å²) >= 11 is 0. The third kappa shape index (κ3) is 3.44. The minimum Gasteiger partial charge on any atom is -0.494 e. The largest absolute Gasteiger partial charge is 0.494 e. The number of nitrogens with zero attached hydrogens (tertiary/aromatic N) is 2. The van der Waals surface area contributed by atoms with E-state index in [1.54, 1.807) is 18.2 Å². The summed E-state index contributed by atoms with van der Waals surface area (Å²) in [4.78, 5) is 29.4. The summed E-state index contributed by atoms with van der Waals surface area (Å²) < 4.78 is 32.3. The average Bonchev–Trinajstić information content (AvgIpc) is 2.88. The summed E-state index contributed by atoms with van der Waals surface area (Å²) in [6.07, 6.45) is 1.43. The van der Waals surface area contributed by atoms with Crippen molar-refractivity contribution in [3.8, 4) is 5.75 Å². The fourth-order valence-corrected chi connectivity index (χ4v) is 3.59. The van der Waals surface area contributed by atoms with Gasteiger partial charge in [0.1, 0.15) is 11.4 Å². The molecule has 2 heterocycles. The van der Waals surface area contributed by atoms with Crippen molar-refractivity contribution >= 4 is 21.8 Å². The van der Waals surface area contributed by atoms with Gasteiger partial charge in [0.05, 0.1) is 17.1 Å². The van der Waals surface area contributed by atoms with Crippen molar-refractivity contribution in [2.24, 2.45) is 0 Å². The second-order valence-electron chi connectivity index (χ2n) is 5.46. The highest BCUT2D eigenvalue weighted by atomic mass is 32.2. The standard InChI is InChI=1S/C17H17N3O5S/c1-2-25-12-5-7-13(8-6-12)26(23,24)19-10-11-20-16(21)14-4-3-9-18-15(14)17(20)22/h3-9,19H,2,10-11H2,1H3. The predicted molar refractivity (Wildman–Crippen MR) is 92.4 cm³/mol. The van der Waals surface area contributed by atoms with Gasteiger partial charge in [0.2, 0.25) is 10.0 Å². The van der Waals surface area contributed by atoms with Crippen LogP contribution < -0.4 is 9.46 Å². The molecule has 1 aromatic heterocycles. The number of carbonyl (C=O) groups is 2. The quantitative estimate of drug-likeness (QED) is 0.725. The van der Waals surface area contributed by atoms with Gasteiger partial charge >= 0.3 is 0 Å². The molecule has 0 atom stereocenters. The predicted octanol–water partition coefficient (Wildman–Crippen LogP) is 1.05. The lowest BCUT2D eigenvalue weighted by atomic mass is 10.2. The van der Waals surface area contributed by atoms with Crippen LogP contribution in [0.1, 0.15) is 27.8 Å².